The summed E-state index contributed by atoms with van der Waals surface area (Å²) < 4.78 is 15.1. The fraction of sp³-hybridized carbons (Fsp3) is 0.250. The van der Waals surface area contributed by atoms with Crippen LogP contribution in [0.4, 0.5) is 0 Å². The lowest BCUT2D eigenvalue weighted by Gasteiger charge is -2.42. The average Bonchev–Trinajstić information content (AvgIpc) is 2.77. The Morgan fingerprint density at radius 3 is 1.50 bits per heavy atom. The fourth-order valence-corrected chi connectivity index (χ4v) is 8.06. The van der Waals surface area contributed by atoms with Gasteiger partial charge >= 0.3 is 0 Å². The van der Waals surface area contributed by atoms with Crippen LogP contribution < -0.4 is 4.89 Å². The first-order chi connectivity index (χ1) is 14.5. The Morgan fingerprint density at radius 1 is 0.700 bits per heavy atom. The lowest BCUT2D eigenvalue weighted by atomic mass is 10.2. The first-order valence-electron chi connectivity index (χ1n) is 10.2. The van der Waals surface area contributed by atoms with Crippen molar-refractivity contribution in [3.63, 3.8) is 0 Å². The molecule has 3 aromatic rings. The fourth-order valence-electron chi connectivity index (χ4n) is 3.67. The molecule has 1 atom stereocenters. The molecule has 0 aliphatic carbocycles. The molecule has 0 aliphatic rings. The predicted molar refractivity (Wildman–Crippen MR) is 121 cm³/mol. The summed E-state index contributed by atoms with van der Waals surface area (Å²) in [4.78, 5) is 23.4. The molecule has 3 rings (SSSR count). The molecule has 0 saturated heterocycles. The van der Waals surface area contributed by atoms with Crippen molar-refractivity contribution in [3.8, 4) is 0 Å². The predicted octanol–water partition coefficient (Wildman–Crippen LogP) is 6.01. The van der Waals surface area contributed by atoms with Gasteiger partial charge in [-0.1, -0.05) is 67.4 Å². The van der Waals surface area contributed by atoms with Gasteiger partial charge in [0.1, 0.15) is 0 Å². The number of unbranched alkanes of at least 4 members (excludes halogenated alkanes) is 3. The molecular weight excluding hydrogens is 415 g/mol. The van der Waals surface area contributed by atoms with Gasteiger partial charge in [-0.25, -0.2) is 0 Å². The third-order valence-electron chi connectivity index (χ3n) is 5.04. The second-order valence-electron chi connectivity index (χ2n) is 7.10. The van der Waals surface area contributed by atoms with Gasteiger partial charge in [0.25, 0.3) is 7.82 Å². The summed E-state index contributed by atoms with van der Waals surface area (Å²) in [5, 5.41) is 0. The molecule has 6 heteroatoms. The molecule has 0 heterocycles. The Kier molecular flexibility index (Phi) is 8.32. The Labute approximate surface area is 180 Å². The van der Waals surface area contributed by atoms with Gasteiger partial charge in [-0.05, 0) is 69.7 Å². The number of rotatable bonds is 11. The molecule has 0 bridgehead atoms. The van der Waals surface area contributed by atoms with Crippen LogP contribution in [0.3, 0.4) is 0 Å². The minimum atomic E-state index is -4.61. The van der Waals surface area contributed by atoms with E-state index in [9.17, 15) is 9.46 Å². The maximum absolute atomic E-state index is 10.7. The van der Waals surface area contributed by atoms with E-state index in [1.165, 1.54) is 14.7 Å². The molecule has 1 N–H and O–H groups in total. The summed E-state index contributed by atoms with van der Waals surface area (Å²) >= 11 is 0. The van der Waals surface area contributed by atoms with Crippen LogP contribution in [0.2, 0.25) is 0 Å². The first-order valence-corrected chi connectivity index (χ1v) is 13.5. The molecule has 0 amide bonds. The molecule has 30 heavy (non-hydrogen) atoms. The maximum atomic E-state index is 10.7. The van der Waals surface area contributed by atoms with Gasteiger partial charge in [-0.15, -0.1) is 0 Å². The first kappa shape index (κ1) is 22.8. The molecule has 3 aromatic carbocycles. The lowest BCUT2D eigenvalue weighted by Crippen LogP contribution is -2.09. The quantitative estimate of drug-likeness (QED) is 0.291. The molecular formula is C24H28O4PS-. The Bertz CT molecular complexity index is 833. The van der Waals surface area contributed by atoms with Gasteiger partial charge in [-0.3, -0.25) is 4.57 Å². The molecule has 0 radical (unpaired) electrons. The highest BCUT2D eigenvalue weighted by Gasteiger charge is 2.30. The van der Waals surface area contributed by atoms with E-state index in [0.29, 0.717) is 6.42 Å². The van der Waals surface area contributed by atoms with Crippen molar-refractivity contribution < 1.29 is 18.9 Å². The van der Waals surface area contributed by atoms with Crippen molar-refractivity contribution in [1.82, 2.24) is 0 Å². The van der Waals surface area contributed by atoms with Crippen LogP contribution in [-0.2, 0) is 9.09 Å². The second kappa shape index (κ2) is 10.9. The summed E-state index contributed by atoms with van der Waals surface area (Å²) in [5.41, 5.74) is 0. The number of hydrogen-bond acceptors (Lipinski definition) is 3. The van der Waals surface area contributed by atoms with Crippen molar-refractivity contribution in [2.75, 3.05) is 12.4 Å². The zero-order valence-electron chi connectivity index (χ0n) is 16.9. The summed E-state index contributed by atoms with van der Waals surface area (Å²) in [6.07, 6.45) is 3.45. The molecule has 0 saturated carbocycles. The van der Waals surface area contributed by atoms with E-state index in [4.69, 9.17) is 4.89 Å². The third kappa shape index (κ3) is 6.07. The van der Waals surface area contributed by atoms with Gasteiger partial charge in [0.15, 0.2) is 0 Å². The summed E-state index contributed by atoms with van der Waals surface area (Å²) in [5.74, 6) is 1.02. The largest absolute Gasteiger partial charge is 0.756 e. The van der Waals surface area contributed by atoms with Crippen molar-refractivity contribution in [2.45, 2.75) is 40.4 Å². The van der Waals surface area contributed by atoms with Crippen molar-refractivity contribution in [3.05, 3.63) is 91.0 Å². The highest BCUT2D eigenvalue weighted by atomic mass is 32.3. The Balaban J connectivity index is 1.82. The van der Waals surface area contributed by atoms with E-state index < -0.39 is 17.9 Å². The Hall–Kier alpha value is -1.88. The van der Waals surface area contributed by atoms with E-state index in [1.807, 2.05) is 0 Å². The van der Waals surface area contributed by atoms with Crippen molar-refractivity contribution >= 4 is 17.9 Å². The monoisotopic (exact) mass is 443 g/mol. The van der Waals surface area contributed by atoms with Crippen molar-refractivity contribution in [2.24, 2.45) is 0 Å². The van der Waals surface area contributed by atoms with Crippen LogP contribution in [0.1, 0.15) is 25.7 Å². The highest BCUT2D eigenvalue weighted by molar-refractivity contribution is 8.33. The van der Waals surface area contributed by atoms with Crippen LogP contribution in [0.25, 0.3) is 0 Å². The van der Waals surface area contributed by atoms with Gasteiger partial charge in [-0.2, -0.15) is 10.0 Å². The number of hydrogen-bond donors (Lipinski definition) is 1. The highest BCUT2D eigenvalue weighted by Crippen LogP contribution is 2.68. The molecule has 0 aliphatic heterocycles. The molecule has 4 nitrogen and oxygen atoms in total. The number of phosphoric acid groups is 1. The van der Waals surface area contributed by atoms with E-state index >= 15 is 0 Å². The molecule has 160 valence electrons. The minimum absolute atomic E-state index is 0.0331. The standard InChI is InChI=1S/C24H29O4PS/c25-29(26,27)28-20-12-1-2-13-21-30(22-14-6-3-7-15-22,23-16-8-4-9-17-23)24-18-10-5-11-19-24/h3-11,14-19H,1-2,12-13,20-21H2,(H2,25,26,27)/p-1. The normalized spacial score (nSPS) is 14.2. The van der Waals surface area contributed by atoms with Gasteiger partial charge < -0.3 is 14.3 Å². The average molecular weight is 444 g/mol. The van der Waals surface area contributed by atoms with E-state index in [0.717, 1.165) is 25.0 Å². The zero-order valence-corrected chi connectivity index (χ0v) is 18.6. The molecule has 0 spiro atoms. The van der Waals surface area contributed by atoms with E-state index in [1.54, 1.807) is 0 Å². The maximum Gasteiger partial charge on any atom is 0.265 e. The van der Waals surface area contributed by atoms with Crippen LogP contribution in [0.5, 0.6) is 0 Å². The topological polar surface area (TPSA) is 69.6 Å². The third-order valence-corrected chi connectivity index (χ3v) is 9.68. The van der Waals surface area contributed by atoms with Gasteiger partial charge in [0.05, 0.1) is 6.61 Å². The van der Waals surface area contributed by atoms with Crippen LogP contribution in [0, 0.1) is 0 Å². The zero-order chi connectivity index (χ0) is 21.3. The summed E-state index contributed by atoms with van der Waals surface area (Å²) in [7, 11) is -6.03. The molecule has 1 unspecified atom stereocenters. The van der Waals surface area contributed by atoms with Crippen LogP contribution in [-0.4, -0.2) is 17.3 Å². The SMILES string of the molecule is O=P([O-])(O)OCCCCCCS(c1ccccc1)(c1ccccc1)c1ccccc1. The smallest absolute Gasteiger partial charge is 0.265 e. The second-order valence-corrected chi connectivity index (χ2v) is 11.6. The minimum Gasteiger partial charge on any atom is -0.756 e. The van der Waals surface area contributed by atoms with Gasteiger partial charge in [0.2, 0.25) is 0 Å². The van der Waals surface area contributed by atoms with Crippen LogP contribution in [0.15, 0.2) is 106 Å². The number of phosphoric ester groups is 1. The van der Waals surface area contributed by atoms with Gasteiger partial charge in [0, 0.05) is 0 Å². The molecule has 0 fully saturated rings. The number of benzene rings is 3. The van der Waals surface area contributed by atoms with Crippen molar-refractivity contribution in [1.29, 1.82) is 0 Å². The lowest BCUT2D eigenvalue weighted by molar-refractivity contribution is -0.219. The summed E-state index contributed by atoms with van der Waals surface area (Å²) in [6, 6.07) is 32.2. The van der Waals surface area contributed by atoms with E-state index in [-0.39, 0.29) is 6.61 Å². The van der Waals surface area contributed by atoms with Crippen LogP contribution >= 0.6 is 17.9 Å². The summed E-state index contributed by atoms with van der Waals surface area (Å²) in [6.45, 7) is 0.0331. The Morgan fingerprint density at radius 2 is 1.10 bits per heavy atom. The van der Waals surface area contributed by atoms with E-state index in [2.05, 4.69) is 95.5 Å². The molecule has 0 aromatic heterocycles.